The van der Waals surface area contributed by atoms with Crippen LogP contribution in [0.5, 0.6) is 0 Å². The number of ether oxygens (including phenoxy) is 1. The van der Waals surface area contributed by atoms with E-state index < -0.39 is 10.0 Å². The smallest absolute Gasteiger partial charge is 0.251 e. The summed E-state index contributed by atoms with van der Waals surface area (Å²) < 4.78 is 36.1. The van der Waals surface area contributed by atoms with Gasteiger partial charge in [0.25, 0.3) is 5.91 Å². The molecule has 2 rings (SSSR count). The number of hydrogen-bond donors (Lipinski definition) is 2. The van der Waals surface area contributed by atoms with Gasteiger partial charge in [-0.15, -0.1) is 0 Å². The monoisotopic (exact) mass is 353 g/mol. The van der Waals surface area contributed by atoms with Crippen LogP contribution < -0.4 is 10.0 Å². The normalized spacial score (nSPS) is 11.4. The highest BCUT2D eigenvalue weighted by atomic mass is 32.2. The molecule has 0 unspecified atom stereocenters. The minimum atomic E-state index is -3.61. The maximum atomic E-state index is 12.0. The molecule has 0 saturated heterocycles. The number of benzene rings is 1. The molecule has 130 valence electrons. The zero-order valence-electron chi connectivity index (χ0n) is 13.4. The Bertz CT molecular complexity index is 784. The first kappa shape index (κ1) is 18.1. The number of aryl methyl sites for hydroxylation is 1. The van der Waals surface area contributed by atoms with Crippen molar-refractivity contribution in [1.29, 1.82) is 0 Å². The van der Waals surface area contributed by atoms with Crippen LogP contribution >= 0.6 is 0 Å². The van der Waals surface area contributed by atoms with Crippen molar-refractivity contribution in [3.8, 4) is 0 Å². The minimum Gasteiger partial charge on any atom is -0.383 e. The van der Waals surface area contributed by atoms with Crippen molar-refractivity contribution in [2.75, 3.05) is 20.3 Å². The highest BCUT2D eigenvalue weighted by molar-refractivity contribution is 7.89. The predicted octanol–water partition coefficient (Wildman–Crippen LogP) is 0.838. The van der Waals surface area contributed by atoms with E-state index in [2.05, 4.69) is 15.2 Å². The number of nitrogens with zero attached hydrogens (tertiary/aromatic N) is 1. The van der Waals surface area contributed by atoms with Crippen LogP contribution in [-0.2, 0) is 21.3 Å². The van der Waals surface area contributed by atoms with E-state index in [0.717, 1.165) is 0 Å². The van der Waals surface area contributed by atoms with E-state index in [-0.39, 0.29) is 30.5 Å². The van der Waals surface area contributed by atoms with Crippen molar-refractivity contribution in [2.45, 2.75) is 18.4 Å². The summed E-state index contributed by atoms with van der Waals surface area (Å²) in [6.45, 7) is 2.45. The molecule has 8 nitrogen and oxygen atoms in total. The van der Waals surface area contributed by atoms with Crippen LogP contribution in [0.15, 0.2) is 39.8 Å². The number of sulfonamides is 1. The summed E-state index contributed by atoms with van der Waals surface area (Å²) in [6, 6.07) is 7.39. The molecule has 0 aliphatic carbocycles. The fourth-order valence-corrected chi connectivity index (χ4v) is 2.93. The highest BCUT2D eigenvalue weighted by Crippen LogP contribution is 2.11. The maximum absolute atomic E-state index is 12.0. The van der Waals surface area contributed by atoms with Gasteiger partial charge in [0.2, 0.25) is 10.0 Å². The fraction of sp³-hybridized carbons (Fsp3) is 0.333. The molecule has 9 heteroatoms. The van der Waals surface area contributed by atoms with E-state index in [0.29, 0.717) is 17.0 Å². The molecule has 2 N–H and O–H groups in total. The number of aromatic nitrogens is 1. The Morgan fingerprint density at radius 3 is 2.58 bits per heavy atom. The molecule has 0 atom stereocenters. The molecule has 0 fully saturated rings. The second-order valence-electron chi connectivity index (χ2n) is 5.03. The van der Waals surface area contributed by atoms with Crippen LogP contribution in [0, 0.1) is 6.92 Å². The van der Waals surface area contributed by atoms with E-state index in [9.17, 15) is 13.2 Å². The third-order valence-electron chi connectivity index (χ3n) is 3.13. The van der Waals surface area contributed by atoms with Crippen molar-refractivity contribution < 1.29 is 22.5 Å². The molecule has 1 aromatic heterocycles. The Hall–Kier alpha value is -2.23. The number of carbonyl (C=O) groups is 1. The second-order valence-corrected chi connectivity index (χ2v) is 6.79. The van der Waals surface area contributed by atoms with Crippen LogP contribution in [-0.4, -0.2) is 39.7 Å². The van der Waals surface area contributed by atoms with Gasteiger partial charge >= 0.3 is 0 Å². The lowest BCUT2D eigenvalue weighted by Gasteiger charge is -2.07. The highest BCUT2D eigenvalue weighted by Gasteiger charge is 2.14. The largest absolute Gasteiger partial charge is 0.383 e. The molecule has 1 heterocycles. The summed E-state index contributed by atoms with van der Waals surface area (Å²) in [5.74, 6) is 0.335. The van der Waals surface area contributed by atoms with E-state index in [1.165, 1.54) is 31.4 Å². The molecule has 0 aliphatic heterocycles. The van der Waals surface area contributed by atoms with Crippen molar-refractivity contribution in [3.63, 3.8) is 0 Å². The summed E-state index contributed by atoms with van der Waals surface area (Å²) in [5, 5.41) is 6.46. The van der Waals surface area contributed by atoms with E-state index in [4.69, 9.17) is 9.26 Å². The van der Waals surface area contributed by atoms with Crippen molar-refractivity contribution in [1.82, 2.24) is 15.2 Å². The van der Waals surface area contributed by atoms with Gasteiger partial charge in [0.1, 0.15) is 11.5 Å². The van der Waals surface area contributed by atoms with Crippen molar-refractivity contribution in [2.24, 2.45) is 0 Å². The van der Waals surface area contributed by atoms with Crippen LogP contribution in [0.2, 0.25) is 0 Å². The van der Waals surface area contributed by atoms with E-state index >= 15 is 0 Å². The molecule has 0 bridgehead atoms. The van der Waals surface area contributed by atoms with Gasteiger partial charge in [0, 0.05) is 25.3 Å². The van der Waals surface area contributed by atoms with Gasteiger partial charge in [-0.05, 0) is 31.2 Å². The lowest BCUT2D eigenvalue weighted by Crippen LogP contribution is -2.27. The minimum absolute atomic E-state index is 0.0854. The predicted molar refractivity (Wildman–Crippen MR) is 85.9 cm³/mol. The molecule has 0 radical (unpaired) electrons. The van der Waals surface area contributed by atoms with Gasteiger partial charge in [0.05, 0.1) is 18.0 Å². The maximum Gasteiger partial charge on any atom is 0.251 e. The van der Waals surface area contributed by atoms with Crippen LogP contribution in [0.1, 0.15) is 21.8 Å². The Labute approximate surface area is 140 Å². The molecule has 1 amide bonds. The summed E-state index contributed by atoms with van der Waals surface area (Å²) in [4.78, 5) is 12.1. The average molecular weight is 353 g/mol. The number of methoxy groups -OCH3 is 1. The first-order valence-corrected chi connectivity index (χ1v) is 8.70. The third-order valence-corrected chi connectivity index (χ3v) is 4.61. The molecule has 2 aromatic rings. The molecule has 24 heavy (non-hydrogen) atoms. The Morgan fingerprint density at radius 1 is 1.29 bits per heavy atom. The van der Waals surface area contributed by atoms with Crippen LogP contribution in [0.25, 0.3) is 0 Å². The number of carbonyl (C=O) groups excluding carboxylic acids is 1. The van der Waals surface area contributed by atoms with Gasteiger partial charge in [-0.1, -0.05) is 5.16 Å². The first-order chi connectivity index (χ1) is 11.4. The molecule has 1 aromatic carbocycles. The summed E-state index contributed by atoms with van der Waals surface area (Å²) >= 11 is 0. The molecule has 0 saturated carbocycles. The van der Waals surface area contributed by atoms with Gasteiger partial charge in [-0.2, -0.15) is 0 Å². The second kappa shape index (κ2) is 8.04. The van der Waals surface area contributed by atoms with Crippen molar-refractivity contribution in [3.05, 3.63) is 47.3 Å². The Kier molecular flexibility index (Phi) is 6.07. The van der Waals surface area contributed by atoms with Crippen molar-refractivity contribution >= 4 is 15.9 Å². The Balaban J connectivity index is 1.96. The SMILES string of the molecule is COCCNS(=O)(=O)c1ccc(C(=O)NCc2cc(C)on2)cc1. The third kappa shape index (κ3) is 4.88. The average Bonchev–Trinajstić information content (AvgIpc) is 2.98. The summed E-state index contributed by atoms with van der Waals surface area (Å²) in [6.07, 6.45) is 0. The van der Waals surface area contributed by atoms with E-state index in [1.807, 2.05) is 0 Å². The number of rotatable bonds is 8. The summed E-state index contributed by atoms with van der Waals surface area (Å²) in [5.41, 5.74) is 0.966. The standard InChI is InChI=1S/C15H19N3O5S/c1-11-9-13(18-23-11)10-16-15(19)12-3-5-14(6-4-12)24(20,21)17-7-8-22-2/h3-6,9,17H,7-8,10H2,1-2H3,(H,16,19). The lowest BCUT2D eigenvalue weighted by atomic mass is 10.2. The zero-order chi connectivity index (χ0) is 17.6. The van der Waals surface area contributed by atoms with Crippen LogP contribution in [0.3, 0.4) is 0 Å². The van der Waals surface area contributed by atoms with Gasteiger partial charge < -0.3 is 14.6 Å². The topological polar surface area (TPSA) is 111 Å². The summed E-state index contributed by atoms with van der Waals surface area (Å²) in [7, 11) is -2.12. The molecule has 0 aliphatic rings. The van der Waals surface area contributed by atoms with E-state index in [1.54, 1.807) is 13.0 Å². The molecule has 0 spiro atoms. The van der Waals surface area contributed by atoms with Gasteiger partial charge in [-0.25, -0.2) is 13.1 Å². The lowest BCUT2D eigenvalue weighted by molar-refractivity contribution is 0.0950. The van der Waals surface area contributed by atoms with Gasteiger partial charge in [0.15, 0.2) is 0 Å². The quantitative estimate of drug-likeness (QED) is 0.680. The first-order valence-electron chi connectivity index (χ1n) is 7.21. The number of nitrogens with one attached hydrogen (secondary N) is 2. The number of hydrogen-bond acceptors (Lipinski definition) is 6. The van der Waals surface area contributed by atoms with Gasteiger partial charge in [-0.3, -0.25) is 4.79 Å². The zero-order valence-corrected chi connectivity index (χ0v) is 14.2. The van der Waals surface area contributed by atoms with Crippen LogP contribution in [0.4, 0.5) is 0 Å². The molecular weight excluding hydrogens is 334 g/mol. The molecular formula is C15H19N3O5S. The number of amides is 1. The Morgan fingerprint density at radius 2 is 2.00 bits per heavy atom. The fourth-order valence-electron chi connectivity index (χ4n) is 1.92.